The van der Waals surface area contributed by atoms with Gasteiger partial charge in [0.2, 0.25) is 0 Å². The van der Waals surface area contributed by atoms with Crippen LogP contribution in [0.1, 0.15) is 44.2 Å². The van der Waals surface area contributed by atoms with Crippen molar-refractivity contribution in [2.24, 2.45) is 0 Å². The third-order valence-corrected chi connectivity index (χ3v) is 6.86. The maximum Gasteiger partial charge on any atom is 0.0448 e. The van der Waals surface area contributed by atoms with E-state index in [1.807, 2.05) is 0 Å². The van der Waals surface area contributed by atoms with E-state index < -0.39 is 0 Å². The van der Waals surface area contributed by atoms with Crippen LogP contribution in [0.15, 0.2) is 48.5 Å². The van der Waals surface area contributed by atoms with E-state index in [0.717, 1.165) is 26.1 Å². The Labute approximate surface area is 178 Å². The van der Waals surface area contributed by atoms with Crippen LogP contribution in [0.2, 0.25) is 0 Å². The first-order chi connectivity index (χ1) is 14.2. The monoisotopic (exact) mass is 407 g/mol. The predicted octanol–water partition coefficient (Wildman–Crippen LogP) is 5.20. The van der Waals surface area contributed by atoms with Crippen LogP contribution < -0.4 is 4.90 Å². The van der Waals surface area contributed by atoms with Crippen LogP contribution in [-0.2, 0) is 6.42 Å². The Morgan fingerprint density at radius 3 is 2.45 bits per heavy atom. The first kappa shape index (κ1) is 20.6. The van der Waals surface area contributed by atoms with E-state index in [0.29, 0.717) is 6.04 Å². The van der Waals surface area contributed by atoms with Crippen LogP contribution >= 0.6 is 8.86 Å². The number of benzene rings is 2. The number of nitrogens with zero attached hydrogens (tertiary/aromatic N) is 3. The van der Waals surface area contributed by atoms with Crippen LogP contribution in [0, 0.1) is 0 Å². The summed E-state index contributed by atoms with van der Waals surface area (Å²) in [6.45, 7) is 10.4. The van der Waals surface area contributed by atoms with Crippen molar-refractivity contribution in [3.05, 3.63) is 59.7 Å². The zero-order valence-corrected chi connectivity index (χ0v) is 18.9. The summed E-state index contributed by atoms with van der Waals surface area (Å²) in [4.78, 5) is 7.61. The molecule has 0 spiro atoms. The van der Waals surface area contributed by atoms with Crippen LogP contribution in [0.5, 0.6) is 0 Å². The highest BCUT2D eigenvalue weighted by Gasteiger charge is 2.33. The minimum absolute atomic E-state index is 0.701. The van der Waals surface area contributed by atoms with Crippen LogP contribution in [0.25, 0.3) is 0 Å². The number of rotatable bonds is 8. The van der Waals surface area contributed by atoms with Gasteiger partial charge in [0, 0.05) is 42.5 Å². The first-order valence-electron chi connectivity index (χ1n) is 11.2. The molecule has 0 atom stereocenters. The minimum Gasteiger partial charge on any atom is -0.341 e. The average molecular weight is 408 g/mol. The number of aryl methyl sites for hydroxylation is 1. The molecule has 2 heterocycles. The van der Waals surface area contributed by atoms with Gasteiger partial charge >= 0.3 is 0 Å². The molecule has 4 rings (SSSR count). The molecule has 2 aromatic rings. The van der Waals surface area contributed by atoms with Crippen LogP contribution in [-0.4, -0.2) is 54.0 Å². The summed E-state index contributed by atoms with van der Waals surface area (Å²) in [7, 11) is 3.98. The van der Waals surface area contributed by atoms with Gasteiger partial charge in [0.1, 0.15) is 0 Å². The second-order valence-electron chi connectivity index (χ2n) is 8.38. The van der Waals surface area contributed by atoms with Gasteiger partial charge in [0.25, 0.3) is 0 Å². The van der Waals surface area contributed by atoms with Crippen LogP contribution in [0.4, 0.5) is 11.4 Å². The molecule has 2 aliphatic heterocycles. The highest BCUT2D eigenvalue weighted by atomic mass is 31.0. The Hall–Kier alpha value is -1.67. The van der Waals surface area contributed by atoms with Crippen molar-refractivity contribution in [2.45, 2.75) is 45.6 Å². The molecule has 0 aromatic heterocycles. The molecule has 0 N–H and O–H groups in total. The summed E-state index contributed by atoms with van der Waals surface area (Å²) in [6.07, 6.45) is 4.85. The molecule has 0 amide bonds. The van der Waals surface area contributed by atoms with Crippen molar-refractivity contribution in [2.75, 3.05) is 37.6 Å². The van der Waals surface area contributed by atoms with Crippen molar-refractivity contribution >= 4 is 25.7 Å². The van der Waals surface area contributed by atoms with Crippen molar-refractivity contribution in [3.63, 3.8) is 0 Å². The molecule has 4 heteroatoms. The van der Waals surface area contributed by atoms with Crippen molar-refractivity contribution in [1.82, 2.24) is 9.80 Å². The third-order valence-electron chi connectivity index (χ3n) is 6.26. The maximum absolute atomic E-state index is 3.98. The number of para-hydroxylation sites is 1. The lowest BCUT2D eigenvalue weighted by Gasteiger charge is -2.46. The molecule has 1 fully saturated rings. The highest BCUT2D eigenvalue weighted by Crippen LogP contribution is 2.34. The summed E-state index contributed by atoms with van der Waals surface area (Å²) in [5, 5.41) is 0. The summed E-state index contributed by atoms with van der Waals surface area (Å²) in [6, 6.07) is 18.5. The number of hydrogen-bond acceptors (Lipinski definition) is 2. The molecule has 154 valence electrons. The molecule has 1 saturated heterocycles. The highest BCUT2D eigenvalue weighted by molar-refractivity contribution is 7.21. The van der Waals surface area contributed by atoms with Gasteiger partial charge in [-0.3, -0.25) is 9.80 Å². The fourth-order valence-corrected chi connectivity index (χ4v) is 5.06. The summed E-state index contributed by atoms with van der Waals surface area (Å²) < 4.78 is 0. The fraction of sp³-hybridized carbons (Fsp3) is 0.480. The Morgan fingerprint density at radius 1 is 1.03 bits per heavy atom. The SMILES string of the molecule is CCCN(CCC)C1CN(C(=P)c2ccc3c(c2)CCCN3c2ccccc2)C1. The molecular formula is C25H34N3P. The fourth-order valence-electron chi connectivity index (χ4n) is 4.72. The molecule has 0 radical (unpaired) electrons. The standard InChI is InChI=1S/C25H34N3P/c1-3-14-26(15-4-2)23-18-27(19-23)25(29)21-12-13-24-20(17-21)9-8-16-28(24)22-10-6-5-7-11-22/h5-7,10-13,17,23,29H,3-4,8-9,14-16,18-19H2,1-2H3. The minimum atomic E-state index is 0.701. The van der Waals surface area contributed by atoms with Crippen LogP contribution in [0.3, 0.4) is 0 Å². The van der Waals surface area contributed by atoms with Gasteiger partial charge in [-0.15, -0.1) is 8.86 Å². The van der Waals surface area contributed by atoms with E-state index >= 15 is 0 Å². The molecule has 29 heavy (non-hydrogen) atoms. The normalized spacial score (nSPS) is 17.3. The average Bonchev–Trinajstić information content (AvgIpc) is 2.72. The second-order valence-corrected chi connectivity index (χ2v) is 8.85. The van der Waals surface area contributed by atoms with Gasteiger partial charge in [0.15, 0.2) is 0 Å². The number of anilines is 2. The lowest BCUT2D eigenvalue weighted by molar-refractivity contribution is 0.0818. The lowest BCUT2D eigenvalue weighted by atomic mass is 9.97. The summed E-state index contributed by atoms with van der Waals surface area (Å²) >= 11 is 0. The Kier molecular flexibility index (Phi) is 6.70. The van der Waals surface area contributed by atoms with E-state index in [1.54, 1.807) is 0 Å². The van der Waals surface area contributed by atoms with E-state index in [-0.39, 0.29) is 0 Å². The molecule has 2 aromatic carbocycles. The number of fused-ring (bicyclic) bond motifs is 1. The molecule has 0 saturated carbocycles. The molecule has 0 unspecified atom stereocenters. The lowest BCUT2D eigenvalue weighted by Crippen LogP contribution is -2.61. The zero-order valence-electron chi connectivity index (χ0n) is 17.9. The zero-order chi connectivity index (χ0) is 20.2. The van der Waals surface area contributed by atoms with Crippen molar-refractivity contribution in [3.8, 4) is 0 Å². The van der Waals surface area contributed by atoms with E-state index in [9.17, 15) is 0 Å². The van der Waals surface area contributed by atoms with Crippen molar-refractivity contribution in [1.29, 1.82) is 0 Å². The third kappa shape index (κ3) is 4.43. The topological polar surface area (TPSA) is 9.72 Å². The van der Waals surface area contributed by atoms with Gasteiger partial charge in [0.05, 0.1) is 0 Å². The second kappa shape index (κ2) is 9.43. The van der Waals surface area contributed by atoms with Gasteiger partial charge in [-0.25, -0.2) is 0 Å². The van der Waals surface area contributed by atoms with Gasteiger partial charge < -0.3 is 4.90 Å². The molecular weight excluding hydrogens is 373 g/mol. The molecule has 0 aliphatic carbocycles. The van der Waals surface area contributed by atoms with E-state index in [1.165, 1.54) is 60.3 Å². The van der Waals surface area contributed by atoms with E-state index in [4.69, 9.17) is 0 Å². The summed E-state index contributed by atoms with van der Waals surface area (Å²) in [5.41, 5.74) is 6.68. The molecule has 0 bridgehead atoms. The van der Waals surface area contributed by atoms with E-state index in [2.05, 4.69) is 85.9 Å². The number of hydrogen-bond donors (Lipinski definition) is 0. The summed E-state index contributed by atoms with van der Waals surface area (Å²) in [5.74, 6) is 0. The Morgan fingerprint density at radius 2 is 1.76 bits per heavy atom. The largest absolute Gasteiger partial charge is 0.341 e. The van der Waals surface area contributed by atoms with Crippen molar-refractivity contribution < 1.29 is 0 Å². The predicted molar refractivity (Wildman–Crippen MR) is 128 cm³/mol. The first-order valence-corrected chi connectivity index (χ1v) is 11.7. The maximum atomic E-state index is 3.98. The Bertz CT molecular complexity index is 823. The molecule has 3 nitrogen and oxygen atoms in total. The number of likely N-dealkylation sites (tertiary alicyclic amines) is 1. The quantitative estimate of drug-likeness (QED) is 0.557. The Balaban J connectivity index is 1.45. The smallest absolute Gasteiger partial charge is 0.0448 e. The molecule has 2 aliphatic rings. The van der Waals surface area contributed by atoms with Gasteiger partial charge in [-0.2, -0.15) is 0 Å². The van der Waals surface area contributed by atoms with Gasteiger partial charge in [-0.05, 0) is 74.2 Å². The van der Waals surface area contributed by atoms with Gasteiger partial charge in [-0.1, -0.05) is 38.1 Å².